The molecule has 0 saturated carbocycles. The second-order valence-electron chi connectivity index (χ2n) is 7.51. The van der Waals surface area contributed by atoms with Gasteiger partial charge in [0.05, 0.1) is 24.0 Å². The Morgan fingerprint density at radius 2 is 2.17 bits per heavy atom. The molecular weight excluding hydrogens is 388 g/mol. The van der Waals surface area contributed by atoms with E-state index in [1.54, 1.807) is 17.7 Å². The van der Waals surface area contributed by atoms with Gasteiger partial charge in [-0.2, -0.15) is 0 Å². The molecule has 4 heterocycles. The number of cyclic esters (lactones) is 1. The fourth-order valence-electron chi connectivity index (χ4n) is 3.99. The molecule has 0 unspecified atom stereocenters. The first-order chi connectivity index (χ1) is 14.1. The number of thiazole rings is 1. The van der Waals surface area contributed by atoms with Crippen LogP contribution in [-0.4, -0.2) is 45.1 Å². The number of hydrogen-bond acceptors (Lipinski definition) is 7. The smallest absolute Gasteiger partial charge is 0.338 e. The number of aryl methyl sites for hydroxylation is 1. The van der Waals surface area contributed by atoms with Crippen molar-refractivity contribution in [3.63, 3.8) is 0 Å². The number of esters is 1. The average Bonchev–Trinajstić information content (AvgIpc) is 3.43. The first kappa shape index (κ1) is 18.5. The van der Waals surface area contributed by atoms with Crippen molar-refractivity contribution in [1.29, 1.82) is 0 Å². The molecule has 0 N–H and O–H groups in total. The van der Waals surface area contributed by atoms with Crippen LogP contribution in [0.15, 0.2) is 30.9 Å². The van der Waals surface area contributed by atoms with Gasteiger partial charge in [-0.3, -0.25) is 9.47 Å². The van der Waals surface area contributed by atoms with Gasteiger partial charge in [-0.25, -0.2) is 14.8 Å². The molecule has 0 aliphatic carbocycles. The van der Waals surface area contributed by atoms with Crippen molar-refractivity contribution in [3.8, 4) is 5.13 Å². The second-order valence-corrected chi connectivity index (χ2v) is 8.60. The lowest BCUT2D eigenvalue weighted by molar-refractivity contribution is -0.0329. The van der Waals surface area contributed by atoms with Crippen LogP contribution in [-0.2, 0) is 22.6 Å². The molecule has 0 spiro atoms. The molecule has 5 rings (SSSR count). The van der Waals surface area contributed by atoms with Crippen LogP contribution in [0.1, 0.15) is 43.7 Å². The van der Waals surface area contributed by atoms with E-state index in [-0.39, 0.29) is 12.1 Å². The van der Waals surface area contributed by atoms with Gasteiger partial charge in [-0.15, -0.1) is 0 Å². The summed E-state index contributed by atoms with van der Waals surface area (Å²) in [5.41, 5.74) is 4.91. The van der Waals surface area contributed by atoms with Crippen LogP contribution in [0.4, 0.5) is 0 Å². The maximum Gasteiger partial charge on any atom is 0.338 e. The third-order valence-corrected chi connectivity index (χ3v) is 6.55. The number of ether oxygens (including phenoxy) is 2. The molecule has 3 aromatic rings. The van der Waals surface area contributed by atoms with Gasteiger partial charge < -0.3 is 9.47 Å². The zero-order valence-corrected chi connectivity index (χ0v) is 17.2. The van der Waals surface area contributed by atoms with Gasteiger partial charge in [-0.1, -0.05) is 17.4 Å². The SMILES string of the molecule is Cc1cn(-c2ncc(CN3CCO[C@@H](c4ccc5c(c4C)COC5=O)C3)s2)cn1. The maximum absolute atomic E-state index is 11.8. The molecule has 8 heteroatoms. The molecule has 0 radical (unpaired) electrons. The van der Waals surface area contributed by atoms with Crippen molar-refractivity contribution in [1.82, 2.24) is 19.4 Å². The van der Waals surface area contributed by atoms with Crippen molar-refractivity contribution in [2.75, 3.05) is 19.7 Å². The van der Waals surface area contributed by atoms with Gasteiger partial charge in [-0.05, 0) is 31.0 Å². The molecule has 0 amide bonds. The number of morpholine rings is 1. The normalized spacial score (nSPS) is 19.4. The number of benzene rings is 1. The minimum atomic E-state index is -0.227. The van der Waals surface area contributed by atoms with Crippen LogP contribution in [0, 0.1) is 13.8 Å². The van der Waals surface area contributed by atoms with Gasteiger partial charge in [0.25, 0.3) is 0 Å². The molecule has 1 fully saturated rings. The first-order valence-corrected chi connectivity index (χ1v) is 10.5. The predicted molar refractivity (Wildman–Crippen MR) is 108 cm³/mol. The van der Waals surface area contributed by atoms with Crippen LogP contribution in [0.2, 0.25) is 0 Å². The van der Waals surface area contributed by atoms with E-state index in [0.717, 1.165) is 47.2 Å². The van der Waals surface area contributed by atoms with Crippen LogP contribution in [0.5, 0.6) is 0 Å². The highest BCUT2D eigenvalue weighted by Crippen LogP contribution is 2.32. The highest BCUT2D eigenvalue weighted by Gasteiger charge is 2.29. The summed E-state index contributed by atoms with van der Waals surface area (Å²) in [6.07, 6.45) is 5.73. The Morgan fingerprint density at radius 1 is 1.28 bits per heavy atom. The highest BCUT2D eigenvalue weighted by molar-refractivity contribution is 7.14. The average molecular weight is 410 g/mol. The number of carbonyl (C=O) groups is 1. The molecule has 150 valence electrons. The first-order valence-electron chi connectivity index (χ1n) is 9.67. The number of rotatable bonds is 4. The van der Waals surface area contributed by atoms with Crippen molar-refractivity contribution in [2.24, 2.45) is 0 Å². The minimum absolute atomic E-state index is 0.00607. The molecule has 1 atom stereocenters. The van der Waals surface area contributed by atoms with E-state index < -0.39 is 0 Å². The third kappa shape index (κ3) is 3.48. The Bertz CT molecular complexity index is 1070. The highest BCUT2D eigenvalue weighted by atomic mass is 32.1. The topological polar surface area (TPSA) is 69.5 Å². The molecule has 2 aromatic heterocycles. The fourth-order valence-corrected chi connectivity index (χ4v) is 4.88. The summed E-state index contributed by atoms with van der Waals surface area (Å²) >= 11 is 1.69. The lowest BCUT2D eigenvalue weighted by atomic mass is 9.94. The van der Waals surface area contributed by atoms with E-state index in [4.69, 9.17) is 9.47 Å². The van der Waals surface area contributed by atoms with E-state index in [0.29, 0.717) is 18.8 Å². The second kappa shape index (κ2) is 7.37. The summed E-state index contributed by atoms with van der Waals surface area (Å²) in [4.78, 5) is 24.2. The van der Waals surface area contributed by atoms with Crippen LogP contribution in [0.3, 0.4) is 0 Å². The Hall–Kier alpha value is -2.55. The zero-order chi connectivity index (χ0) is 20.0. The largest absolute Gasteiger partial charge is 0.457 e. The summed E-state index contributed by atoms with van der Waals surface area (Å²) in [6.45, 7) is 7.62. The number of imidazole rings is 1. The predicted octanol–water partition coefficient (Wildman–Crippen LogP) is 3.19. The van der Waals surface area contributed by atoms with Crippen molar-refractivity contribution in [2.45, 2.75) is 33.1 Å². The van der Waals surface area contributed by atoms with Crippen molar-refractivity contribution in [3.05, 3.63) is 63.7 Å². The molecule has 2 aliphatic rings. The Labute approximate surface area is 172 Å². The lowest BCUT2D eigenvalue weighted by Crippen LogP contribution is -2.37. The fraction of sp³-hybridized carbons (Fsp3) is 0.381. The van der Waals surface area contributed by atoms with Crippen LogP contribution < -0.4 is 0 Å². The number of carbonyl (C=O) groups excluding carboxylic acids is 1. The minimum Gasteiger partial charge on any atom is -0.457 e. The van der Waals surface area contributed by atoms with Gasteiger partial charge in [0.1, 0.15) is 12.9 Å². The standard InChI is InChI=1S/C21H22N4O3S/c1-13-8-25(12-23-13)21-22-7-15(29-21)9-24-5-6-27-19(10-24)16-3-4-17-18(14(16)2)11-28-20(17)26/h3-4,7-8,12,19H,5-6,9-11H2,1-2H3/t19-/m1/s1. The Kier molecular flexibility index (Phi) is 4.69. The van der Waals surface area contributed by atoms with E-state index in [1.807, 2.05) is 36.0 Å². The van der Waals surface area contributed by atoms with Gasteiger partial charge in [0.15, 0.2) is 5.13 Å². The van der Waals surface area contributed by atoms with Crippen LogP contribution in [0.25, 0.3) is 5.13 Å². The number of fused-ring (bicyclic) bond motifs is 1. The molecule has 1 saturated heterocycles. The number of nitrogens with zero attached hydrogens (tertiary/aromatic N) is 4. The summed E-state index contributed by atoms with van der Waals surface area (Å²) in [5.74, 6) is -0.227. The van der Waals surface area contributed by atoms with E-state index >= 15 is 0 Å². The molecule has 2 aliphatic heterocycles. The van der Waals surface area contributed by atoms with Gasteiger partial charge in [0.2, 0.25) is 0 Å². The molecule has 7 nitrogen and oxygen atoms in total. The maximum atomic E-state index is 11.8. The molecule has 29 heavy (non-hydrogen) atoms. The number of aromatic nitrogens is 3. The van der Waals surface area contributed by atoms with E-state index in [1.165, 1.54) is 4.88 Å². The number of hydrogen-bond donors (Lipinski definition) is 0. The van der Waals surface area contributed by atoms with Crippen LogP contribution >= 0.6 is 11.3 Å². The van der Waals surface area contributed by atoms with Crippen molar-refractivity contribution < 1.29 is 14.3 Å². The summed E-state index contributed by atoms with van der Waals surface area (Å²) in [6, 6.07) is 3.89. The molecule has 1 aromatic carbocycles. The Balaban J connectivity index is 1.31. The van der Waals surface area contributed by atoms with E-state index in [9.17, 15) is 4.79 Å². The summed E-state index contributed by atoms with van der Waals surface area (Å²) in [7, 11) is 0. The van der Waals surface area contributed by atoms with Gasteiger partial charge >= 0.3 is 5.97 Å². The zero-order valence-electron chi connectivity index (χ0n) is 16.4. The summed E-state index contributed by atoms with van der Waals surface area (Å²) < 4.78 is 13.2. The monoisotopic (exact) mass is 410 g/mol. The van der Waals surface area contributed by atoms with Crippen molar-refractivity contribution >= 4 is 17.3 Å². The Morgan fingerprint density at radius 3 is 3.00 bits per heavy atom. The summed E-state index contributed by atoms with van der Waals surface area (Å²) in [5, 5.41) is 0.935. The molecule has 0 bridgehead atoms. The third-order valence-electron chi connectivity index (χ3n) is 5.56. The van der Waals surface area contributed by atoms with Gasteiger partial charge in [0, 0.05) is 42.5 Å². The van der Waals surface area contributed by atoms with E-state index in [2.05, 4.69) is 21.8 Å². The molecular formula is C21H22N4O3S. The lowest BCUT2D eigenvalue weighted by Gasteiger charge is -2.33. The quantitative estimate of drug-likeness (QED) is 0.616.